The Hall–Kier alpha value is -1.94. The fraction of sp³-hybridized carbons (Fsp3) is 0.949. The van der Waals surface area contributed by atoms with E-state index >= 15 is 0 Å². The van der Waals surface area contributed by atoms with Crippen LogP contribution in [0.4, 0.5) is 0 Å². The molecule has 98 heavy (non-hydrogen) atoms. The van der Waals surface area contributed by atoms with Gasteiger partial charge in [-0.15, -0.1) is 0 Å². The van der Waals surface area contributed by atoms with Gasteiger partial charge in [-0.25, -0.2) is 9.13 Å². The SMILES string of the molecule is CCCCCCCCCCCCCCCCCCCCCCCCC(=O)O[C@H](COC(=O)CCCCCCCCCCCCCCCCC)COP(=O)(O)OC[C@@H](O)COP(=O)(O)OC[C@@H](COC(=O)CCCCCCCCCCCC)OC(=O)CCCCCCCCCCCCC. The highest BCUT2D eigenvalue weighted by molar-refractivity contribution is 7.47. The summed E-state index contributed by atoms with van der Waals surface area (Å²) in [7, 11) is -9.91. The quantitative estimate of drug-likeness (QED) is 0.0222. The molecule has 582 valence electrons. The maximum Gasteiger partial charge on any atom is 0.472 e. The van der Waals surface area contributed by atoms with Crippen LogP contribution in [0.5, 0.6) is 0 Å². The average molecular weight is 1440 g/mol. The van der Waals surface area contributed by atoms with E-state index in [9.17, 15) is 43.2 Å². The van der Waals surface area contributed by atoms with E-state index in [0.717, 1.165) is 89.9 Å². The molecule has 0 radical (unpaired) electrons. The highest BCUT2D eigenvalue weighted by Crippen LogP contribution is 2.45. The van der Waals surface area contributed by atoms with Gasteiger partial charge in [0.15, 0.2) is 12.2 Å². The molecule has 0 amide bonds. The Morgan fingerprint density at radius 1 is 0.245 bits per heavy atom. The number of rotatable bonds is 80. The monoisotopic (exact) mass is 1440 g/mol. The van der Waals surface area contributed by atoms with Crippen LogP contribution in [0.2, 0.25) is 0 Å². The minimum atomic E-state index is -4.96. The van der Waals surface area contributed by atoms with E-state index in [4.69, 9.17) is 37.0 Å². The predicted molar refractivity (Wildman–Crippen MR) is 400 cm³/mol. The number of phosphoric ester groups is 2. The molecule has 3 N–H and O–H groups in total. The number of aliphatic hydroxyl groups excluding tert-OH is 1. The maximum atomic E-state index is 13.1. The molecule has 0 heterocycles. The lowest BCUT2D eigenvalue weighted by molar-refractivity contribution is -0.161. The normalized spacial score (nSPS) is 13.8. The summed E-state index contributed by atoms with van der Waals surface area (Å²) in [5, 5.41) is 10.6. The van der Waals surface area contributed by atoms with Crippen molar-refractivity contribution in [3.63, 3.8) is 0 Å². The summed E-state index contributed by atoms with van der Waals surface area (Å²) >= 11 is 0. The van der Waals surface area contributed by atoms with Gasteiger partial charge in [0.2, 0.25) is 0 Å². The van der Waals surface area contributed by atoms with Gasteiger partial charge in [0, 0.05) is 25.7 Å². The second-order valence-electron chi connectivity index (χ2n) is 28.5. The molecular weight excluding hydrogens is 1280 g/mol. The van der Waals surface area contributed by atoms with Gasteiger partial charge < -0.3 is 33.8 Å². The second-order valence-corrected chi connectivity index (χ2v) is 31.4. The Labute approximate surface area is 600 Å². The van der Waals surface area contributed by atoms with Gasteiger partial charge >= 0.3 is 39.5 Å². The fourth-order valence-corrected chi connectivity index (χ4v) is 13.9. The van der Waals surface area contributed by atoms with Crippen molar-refractivity contribution in [2.75, 3.05) is 39.6 Å². The zero-order chi connectivity index (χ0) is 71.8. The Morgan fingerprint density at radius 2 is 0.408 bits per heavy atom. The highest BCUT2D eigenvalue weighted by Gasteiger charge is 2.30. The number of hydrogen-bond donors (Lipinski definition) is 3. The summed E-state index contributed by atoms with van der Waals surface area (Å²) in [5.41, 5.74) is 0. The van der Waals surface area contributed by atoms with E-state index in [0.29, 0.717) is 25.7 Å². The maximum absolute atomic E-state index is 13.1. The van der Waals surface area contributed by atoms with E-state index in [2.05, 4.69) is 27.7 Å². The van der Waals surface area contributed by atoms with Gasteiger partial charge in [-0.1, -0.05) is 374 Å². The molecule has 0 spiro atoms. The Morgan fingerprint density at radius 3 is 0.602 bits per heavy atom. The molecule has 0 fully saturated rings. The summed E-state index contributed by atoms with van der Waals surface area (Å²) in [6.07, 6.45) is 65.3. The second kappa shape index (κ2) is 73.4. The lowest BCUT2D eigenvalue weighted by Crippen LogP contribution is -2.30. The van der Waals surface area contributed by atoms with Crippen LogP contribution < -0.4 is 0 Å². The molecule has 0 bridgehead atoms. The van der Waals surface area contributed by atoms with Gasteiger partial charge in [0.05, 0.1) is 26.4 Å². The van der Waals surface area contributed by atoms with E-state index in [1.807, 2.05) is 0 Å². The molecule has 0 aliphatic rings. The standard InChI is InChI=1S/C79H154O17P2/c1-5-9-13-17-21-25-29-31-33-34-35-36-37-38-39-41-43-46-50-54-58-62-66-79(84)96-75(70-90-77(82)64-60-56-52-48-45-42-40-32-30-26-22-18-14-10-6-2)72-94-98(87,88)92-68-73(80)67-91-97(85,86)93-71-74(69-89-76(81)63-59-55-51-47-28-24-20-16-12-8-4)95-78(83)65-61-57-53-49-44-27-23-19-15-11-7-3/h73-75,80H,5-72H2,1-4H3,(H,85,86)(H,87,88)/t73-,74+,75+/m0/s1. The van der Waals surface area contributed by atoms with Crippen LogP contribution in [0.1, 0.15) is 426 Å². The number of phosphoric acid groups is 2. The Kier molecular flexibility index (Phi) is 71.9. The number of hydrogen-bond acceptors (Lipinski definition) is 15. The van der Waals surface area contributed by atoms with E-state index in [-0.39, 0.29) is 25.7 Å². The molecule has 0 aromatic heterocycles. The van der Waals surface area contributed by atoms with Gasteiger partial charge in [-0.3, -0.25) is 37.3 Å². The van der Waals surface area contributed by atoms with Crippen molar-refractivity contribution >= 4 is 39.5 Å². The largest absolute Gasteiger partial charge is 0.472 e. The minimum absolute atomic E-state index is 0.108. The minimum Gasteiger partial charge on any atom is -0.462 e. The van der Waals surface area contributed by atoms with E-state index in [1.54, 1.807) is 0 Å². The van der Waals surface area contributed by atoms with Gasteiger partial charge in [0.1, 0.15) is 19.3 Å². The van der Waals surface area contributed by atoms with Crippen LogP contribution in [0, 0.1) is 0 Å². The molecular formula is C79H154O17P2. The Balaban J connectivity index is 5.18. The van der Waals surface area contributed by atoms with E-state index in [1.165, 1.54) is 257 Å². The molecule has 0 aromatic carbocycles. The first-order valence-corrected chi connectivity index (χ1v) is 44.3. The van der Waals surface area contributed by atoms with E-state index < -0.39 is 97.5 Å². The van der Waals surface area contributed by atoms with Crippen LogP contribution in [-0.4, -0.2) is 96.7 Å². The van der Waals surface area contributed by atoms with Crippen molar-refractivity contribution < 1.29 is 80.2 Å². The third kappa shape index (κ3) is 72.4. The molecule has 0 aromatic rings. The van der Waals surface area contributed by atoms with Crippen LogP contribution in [0.3, 0.4) is 0 Å². The highest BCUT2D eigenvalue weighted by atomic mass is 31.2. The van der Waals surface area contributed by atoms with Crippen molar-refractivity contribution in [2.24, 2.45) is 0 Å². The summed E-state index contributed by atoms with van der Waals surface area (Å²) in [4.78, 5) is 72.9. The van der Waals surface area contributed by atoms with Crippen molar-refractivity contribution in [3.05, 3.63) is 0 Å². The number of carbonyl (C=O) groups is 4. The number of carbonyl (C=O) groups excluding carboxylic acids is 4. The van der Waals surface area contributed by atoms with Crippen molar-refractivity contribution in [1.29, 1.82) is 0 Å². The Bertz CT molecular complexity index is 1860. The summed E-state index contributed by atoms with van der Waals surface area (Å²) in [5.74, 6) is -2.11. The third-order valence-corrected chi connectivity index (χ3v) is 20.5. The molecule has 17 nitrogen and oxygen atoms in total. The van der Waals surface area contributed by atoms with Gasteiger partial charge in [-0.2, -0.15) is 0 Å². The first-order chi connectivity index (χ1) is 47.7. The van der Waals surface area contributed by atoms with Crippen LogP contribution >= 0.6 is 15.6 Å². The molecule has 19 heteroatoms. The first-order valence-electron chi connectivity index (χ1n) is 41.3. The zero-order valence-electron chi connectivity index (χ0n) is 63.8. The molecule has 0 saturated heterocycles. The van der Waals surface area contributed by atoms with Crippen molar-refractivity contribution in [2.45, 2.75) is 444 Å². The molecule has 0 saturated carbocycles. The molecule has 0 aliphatic carbocycles. The lowest BCUT2D eigenvalue weighted by Gasteiger charge is -2.21. The van der Waals surface area contributed by atoms with Gasteiger partial charge in [-0.05, 0) is 25.7 Å². The molecule has 2 unspecified atom stereocenters. The molecule has 0 rings (SSSR count). The number of unbranched alkanes of at least 4 members (excludes halogenated alkanes) is 54. The summed E-state index contributed by atoms with van der Waals surface area (Å²) in [6.45, 7) is 4.99. The van der Waals surface area contributed by atoms with Crippen molar-refractivity contribution in [3.8, 4) is 0 Å². The average Bonchev–Trinajstić information content (AvgIpc) is 1.53. The molecule has 5 atom stereocenters. The van der Waals surface area contributed by atoms with Crippen LogP contribution in [-0.2, 0) is 65.4 Å². The van der Waals surface area contributed by atoms with Crippen LogP contribution in [0.25, 0.3) is 0 Å². The molecule has 0 aliphatic heterocycles. The third-order valence-electron chi connectivity index (χ3n) is 18.6. The fourth-order valence-electron chi connectivity index (χ4n) is 12.3. The van der Waals surface area contributed by atoms with Crippen LogP contribution in [0.15, 0.2) is 0 Å². The predicted octanol–water partition coefficient (Wildman–Crippen LogP) is 23.8. The van der Waals surface area contributed by atoms with Gasteiger partial charge in [0.25, 0.3) is 0 Å². The first kappa shape index (κ1) is 96.1. The number of esters is 4. The topological polar surface area (TPSA) is 237 Å². The number of ether oxygens (including phenoxy) is 4. The summed E-state index contributed by atoms with van der Waals surface area (Å²) in [6, 6.07) is 0. The summed E-state index contributed by atoms with van der Waals surface area (Å²) < 4.78 is 68.6. The smallest absolute Gasteiger partial charge is 0.462 e. The van der Waals surface area contributed by atoms with Crippen molar-refractivity contribution in [1.82, 2.24) is 0 Å². The zero-order valence-corrected chi connectivity index (χ0v) is 65.6. The number of aliphatic hydroxyl groups is 1. The lowest BCUT2D eigenvalue weighted by atomic mass is 10.0.